The van der Waals surface area contributed by atoms with Crippen molar-refractivity contribution in [3.05, 3.63) is 69.2 Å². The molecule has 0 bridgehead atoms. The number of hydrogen-bond donors (Lipinski definition) is 1. The van der Waals surface area contributed by atoms with Gasteiger partial charge in [-0.3, -0.25) is 0 Å². The van der Waals surface area contributed by atoms with Gasteiger partial charge in [0.1, 0.15) is 0 Å². The Hall–Kier alpha value is -1.16. The lowest BCUT2D eigenvalue weighted by Gasteiger charge is -2.28. The Balaban J connectivity index is 1.81. The van der Waals surface area contributed by atoms with Crippen molar-refractivity contribution in [3.63, 3.8) is 0 Å². The monoisotopic (exact) mass is 345 g/mol. The second-order valence-electron chi connectivity index (χ2n) is 5.65. The molecule has 1 aliphatic heterocycles. The van der Waals surface area contributed by atoms with Crippen LogP contribution in [0.3, 0.4) is 0 Å². The topological polar surface area (TPSA) is 35.2 Å². The molecule has 0 amide bonds. The Morgan fingerprint density at radius 1 is 1.29 bits per heavy atom. The molecule has 3 rings (SSSR count). The van der Waals surface area contributed by atoms with Crippen molar-refractivity contribution in [3.8, 4) is 0 Å². The van der Waals surface area contributed by atoms with Gasteiger partial charge in [0.15, 0.2) is 0 Å². The third-order valence-corrected chi connectivity index (χ3v) is 4.68. The van der Waals surface area contributed by atoms with Crippen LogP contribution in [-0.4, -0.2) is 6.61 Å². The number of halogens is 1. The van der Waals surface area contributed by atoms with Crippen molar-refractivity contribution >= 4 is 15.9 Å². The number of ether oxygens (including phenoxy) is 1. The minimum atomic E-state index is -0.00532. The van der Waals surface area contributed by atoms with Crippen LogP contribution in [0.4, 0.5) is 0 Å². The number of fused-ring (bicyclic) bond motifs is 1. The lowest BCUT2D eigenvalue weighted by Crippen LogP contribution is -2.22. The van der Waals surface area contributed by atoms with E-state index in [0.717, 1.165) is 23.9 Å². The highest BCUT2D eigenvalue weighted by Crippen LogP contribution is 2.34. The summed E-state index contributed by atoms with van der Waals surface area (Å²) in [6.45, 7) is 2.89. The van der Waals surface area contributed by atoms with E-state index in [1.165, 1.54) is 22.3 Å². The van der Waals surface area contributed by atoms with E-state index < -0.39 is 0 Å². The highest BCUT2D eigenvalue weighted by atomic mass is 79.9. The molecule has 2 nitrogen and oxygen atoms in total. The minimum Gasteiger partial charge on any atom is -0.373 e. The van der Waals surface area contributed by atoms with Crippen LogP contribution >= 0.6 is 15.9 Å². The normalized spacial score (nSPS) is 19.1. The molecule has 2 N–H and O–H groups in total. The Bertz CT molecular complexity index is 641. The molecule has 0 saturated heterocycles. The van der Waals surface area contributed by atoms with E-state index in [4.69, 9.17) is 10.5 Å². The highest BCUT2D eigenvalue weighted by molar-refractivity contribution is 9.10. The van der Waals surface area contributed by atoms with Crippen LogP contribution in [0.1, 0.15) is 40.8 Å². The number of aryl methyl sites for hydroxylation is 1. The molecule has 2 aromatic carbocycles. The Labute approximate surface area is 134 Å². The summed E-state index contributed by atoms with van der Waals surface area (Å²) < 4.78 is 7.06. The number of rotatable bonds is 3. The molecule has 2 unspecified atom stereocenters. The number of hydrogen-bond acceptors (Lipinski definition) is 2. The van der Waals surface area contributed by atoms with Gasteiger partial charge in [-0.15, -0.1) is 0 Å². The second-order valence-corrected chi connectivity index (χ2v) is 6.57. The van der Waals surface area contributed by atoms with E-state index in [1.807, 2.05) is 0 Å². The van der Waals surface area contributed by atoms with Crippen molar-refractivity contribution in [1.29, 1.82) is 0 Å². The van der Waals surface area contributed by atoms with Gasteiger partial charge >= 0.3 is 0 Å². The zero-order chi connectivity index (χ0) is 14.8. The van der Waals surface area contributed by atoms with E-state index in [-0.39, 0.29) is 12.1 Å². The first-order chi connectivity index (χ1) is 10.1. The summed E-state index contributed by atoms with van der Waals surface area (Å²) in [5.41, 5.74) is 11.6. The molecule has 0 spiro atoms. The number of benzene rings is 2. The first-order valence-electron chi connectivity index (χ1n) is 7.36. The van der Waals surface area contributed by atoms with Crippen LogP contribution in [0.15, 0.2) is 46.9 Å². The maximum Gasteiger partial charge on any atom is 0.0845 e. The molecule has 1 heterocycles. The number of nitrogens with two attached hydrogens (primary N) is 1. The maximum absolute atomic E-state index is 6.44. The van der Waals surface area contributed by atoms with Crippen LogP contribution in [0.25, 0.3) is 0 Å². The molecule has 0 aliphatic carbocycles. The predicted octanol–water partition coefficient (Wildman–Crippen LogP) is 4.46. The van der Waals surface area contributed by atoms with Crippen LogP contribution in [0.5, 0.6) is 0 Å². The van der Waals surface area contributed by atoms with Gasteiger partial charge in [-0.05, 0) is 54.2 Å². The fourth-order valence-electron chi connectivity index (χ4n) is 3.08. The van der Waals surface area contributed by atoms with Crippen molar-refractivity contribution in [2.45, 2.75) is 31.9 Å². The van der Waals surface area contributed by atoms with Crippen molar-refractivity contribution in [1.82, 2.24) is 0 Å². The van der Waals surface area contributed by atoms with Gasteiger partial charge in [-0.1, -0.05) is 46.3 Å². The average Bonchev–Trinajstić information content (AvgIpc) is 2.47. The summed E-state index contributed by atoms with van der Waals surface area (Å²) in [4.78, 5) is 0. The molecular weight excluding hydrogens is 326 g/mol. The smallest absolute Gasteiger partial charge is 0.0845 e. The van der Waals surface area contributed by atoms with Crippen LogP contribution in [-0.2, 0) is 11.2 Å². The zero-order valence-corrected chi connectivity index (χ0v) is 13.8. The van der Waals surface area contributed by atoms with E-state index in [9.17, 15) is 0 Å². The minimum absolute atomic E-state index is 0.00532. The average molecular weight is 346 g/mol. The maximum atomic E-state index is 6.44. The third-order valence-electron chi connectivity index (χ3n) is 4.19. The lowest BCUT2D eigenvalue weighted by atomic mass is 9.90. The fraction of sp³-hybridized carbons (Fsp3) is 0.333. The summed E-state index contributed by atoms with van der Waals surface area (Å²) in [5.74, 6) is 0. The van der Waals surface area contributed by atoms with Crippen molar-refractivity contribution < 1.29 is 4.74 Å². The molecule has 1 aliphatic rings. The van der Waals surface area contributed by atoms with Gasteiger partial charge in [-0.25, -0.2) is 0 Å². The molecule has 3 heteroatoms. The van der Waals surface area contributed by atoms with E-state index in [0.29, 0.717) is 0 Å². The Kier molecular flexibility index (Phi) is 4.43. The summed E-state index contributed by atoms with van der Waals surface area (Å²) in [7, 11) is 0. The Morgan fingerprint density at radius 2 is 2.10 bits per heavy atom. The van der Waals surface area contributed by atoms with Gasteiger partial charge in [0, 0.05) is 10.5 Å². The van der Waals surface area contributed by atoms with Crippen LogP contribution in [0.2, 0.25) is 0 Å². The third kappa shape index (κ3) is 3.20. The molecule has 2 aromatic rings. The SMILES string of the molecule is Cc1cc(Br)ccc1C(N)CC1OCCc2ccccc21. The second kappa shape index (κ2) is 6.30. The molecule has 0 aromatic heterocycles. The first kappa shape index (κ1) is 14.8. The van der Waals surface area contributed by atoms with Crippen LogP contribution in [0, 0.1) is 6.92 Å². The zero-order valence-electron chi connectivity index (χ0n) is 12.2. The fourth-order valence-corrected chi connectivity index (χ4v) is 3.56. The quantitative estimate of drug-likeness (QED) is 0.891. The molecule has 110 valence electrons. The lowest BCUT2D eigenvalue weighted by molar-refractivity contribution is 0.0319. The van der Waals surface area contributed by atoms with E-state index in [2.05, 4.69) is 65.3 Å². The van der Waals surface area contributed by atoms with Crippen molar-refractivity contribution in [2.24, 2.45) is 5.73 Å². The van der Waals surface area contributed by atoms with Gasteiger partial charge in [-0.2, -0.15) is 0 Å². The summed E-state index contributed by atoms with van der Waals surface area (Å²) in [5, 5.41) is 0. The molecule has 0 saturated carbocycles. The Morgan fingerprint density at radius 3 is 2.90 bits per heavy atom. The van der Waals surface area contributed by atoms with Gasteiger partial charge < -0.3 is 10.5 Å². The molecule has 0 fully saturated rings. The molecular formula is C18H20BrNO. The van der Waals surface area contributed by atoms with E-state index >= 15 is 0 Å². The van der Waals surface area contributed by atoms with Gasteiger partial charge in [0.2, 0.25) is 0 Å². The van der Waals surface area contributed by atoms with E-state index in [1.54, 1.807) is 0 Å². The molecule has 21 heavy (non-hydrogen) atoms. The first-order valence-corrected chi connectivity index (χ1v) is 8.15. The summed E-state index contributed by atoms with van der Waals surface area (Å²) in [6, 6.07) is 14.8. The highest BCUT2D eigenvalue weighted by Gasteiger charge is 2.23. The molecule has 2 atom stereocenters. The summed E-state index contributed by atoms with van der Waals surface area (Å²) in [6.07, 6.45) is 1.92. The largest absolute Gasteiger partial charge is 0.373 e. The van der Waals surface area contributed by atoms with Crippen molar-refractivity contribution in [2.75, 3.05) is 6.61 Å². The van der Waals surface area contributed by atoms with Crippen LogP contribution < -0.4 is 5.73 Å². The summed E-state index contributed by atoms with van der Waals surface area (Å²) >= 11 is 3.50. The van der Waals surface area contributed by atoms with Gasteiger partial charge in [0.25, 0.3) is 0 Å². The molecule has 0 radical (unpaired) electrons. The predicted molar refractivity (Wildman–Crippen MR) is 89.3 cm³/mol. The van der Waals surface area contributed by atoms with Gasteiger partial charge in [0.05, 0.1) is 12.7 Å². The standard InChI is InChI=1S/C18H20BrNO/c1-12-10-14(19)6-7-15(12)17(20)11-18-16-5-3-2-4-13(16)8-9-21-18/h2-7,10,17-18H,8-9,11,20H2,1H3.